The van der Waals surface area contributed by atoms with Gasteiger partial charge in [-0.15, -0.1) is 22.7 Å². The smallest absolute Gasteiger partial charge is 0.201 e. The molecule has 0 unspecified atom stereocenters. The van der Waals surface area contributed by atoms with Crippen LogP contribution in [-0.4, -0.2) is 8.75 Å². The van der Waals surface area contributed by atoms with Gasteiger partial charge in [0.15, 0.2) is 0 Å². The maximum absolute atomic E-state index is 15.2. The number of aromatic nitrogens is 2. The first-order valence-electron chi connectivity index (χ1n) is 21.8. The zero-order chi connectivity index (χ0) is 42.0. The van der Waals surface area contributed by atoms with Crippen molar-refractivity contribution < 1.29 is 17.6 Å². The topological polar surface area (TPSA) is 50.5 Å². The molecule has 0 fully saturated rings. The first-order chi connectivity index (χ1) is 29.2. The predicted octanol–water partition coefficient (Wildman–Crippen LogP) is 18.5. The Morgan fingerprint density at radius 1 is 0.433 bits per heavy atom. The van der Waals surface area contributed by atoms with E-state index in [4.69, 9.17) is 17.5 Å². The normalized spacial score (nSPS) is 12.8. The average Bonchev–Trinajstić information content (AvgIpc) is 4.10. The summed E-state index contributed by atoms with van der Waals surface area (Å²) in [4.78, 5) is 3.81. The first-order valence-corrected chi connectivity index (χ1v) is 24.9. The third kappa shape index (κ3) is 10.7. The molecule has 4 nitrogen and oxygen atoms in total. The Kier molecular flexibility index (Phi) is 15.6. The van der Waals surface area contributed by atoms with Crippen molar-refractivity contribution in [3.63, 3.8) is 0 Å². The van der Waals surface area contributed by atoms with Crippen LogP contribution < -0.4 is 0 Å². The number of alkyl halides is 4. The number of rotatable bonds is 24. The maximum atomic E-state index is 15.2. The van der Waals surface area contributed by atoms with Crippen molar-refractivity contribution in [1.82, 2.24) is 8.75 Å². The molecule has 3 aromatic carbocycles. The largest absolute Gasteiger partial charge is 0.273 e. The van der Waals surface area contributed by atoms with Crippen LogP contribution in [0.4, 0.5) is 28.9 Å². The molecule has 0 N–H and O–H groups in total. The van der Waals surface area contributed by atoms with Crippen molar-refractivity contribution in [2.45, 2.75) is 141 Å². The van der Waals surface area contributed by atoms with E-state index in [1.807, 2.05) is 24.3 Å². The third-order valence-corrected chi connectivity index (χ3v) is 14.9. The lowest BCUT2D eigenvalue weighted by molar-refractivity contribution is -0.0163. The van der Waals surface area contributed by atoms with Crippen LogP contribution in [0.3, 0.4) is 0 Å². The van der Waals surface area contributed by atoms with Crippen LogP contribution >= 0.6 is 34.4 Å². The molecule has 6 aromatic rings. The molecule has 0 amide bonds. The molecule has 0 saturated carbocycles. The van der Waals surface area contributed by atoms with Gasteiger partial charge in [-0.1, -0.05) is 152 Å². The number of thiophene rings is 2. The molecule has 0 saturated heterocycles. The van der Waals surface area contributed by atoms with E-state index in [0.717, 1.165) is 126 Å². The predicted molar refractivity (Wildman–Crippen MR) is 249 cm³/mol. The van der Waals surface area contributed by atoms with Crippen LogP contribution in [0.5, 0.6) is 0 Å². The van der Waals surface area contributed by atoms with E-state index in [9.17, 15) is 0 Å². The quantitative estimate of drug-likeness (QED) is 0.0448. The molecule has 3 aromatic heterocycles. The van der Waals surface area contributed by atoms with Gasteiger partial charge in [-0.3, -0.25) is 0 Å². The van der Waals surface area contributed by atoms with Crippen molar-refractivity contribution in [2.24, 2.45) is 8.73 Å². The SMILES string of the molecule is CCCCCCCCCCC(F)(F)c1ccc(-c2ccc(-c3c4c(c(-c5ccc(-c6ccc(C(F)(F)CCCCCCCCCC)cc6)s5)c5nsnc35)N=S=N4)s2)cc1. The summed E-state index contributed by atoms with van der Waals surface area (Å²) in [7, 11) is 0. The Balaban J connectivity index is 1.03. The molecule has 0 radical (unpaired) electrons. The Morgan fingerprint density at radius 2 is 0.783 bits per heavy atom. The molecule has 0 aliphatic carbocycles. The van der Waals surface area contributed by atoms with Crippen LogP contribution in [0, 0.1) is 0 Å². The average molecular weight is 891 g/mol. The fourth-order valence-corrected chi connectivity index (χ4v) is 11.2. The standard InChI is InChI=1S/C48H54F4N4S4/c1-3-5-7-9-11-13-15-17-31-47(49,50)35-23-19-33(20-24-35)37-27-29-39(57-37)41-43-45(55-59-53-43)42(46-44(41)54-60-56-46)40-30-28-38(58-40)34-21-25-36(26-22-34)48(51,52)32-18-16-14-12-10-8-6-4-2/h19-30H,3-18,31-32H2,1-2H3. The summed E-state index contributed by atoms with van der Waals surface area (Å²) in [6.45, 7) is 4.39. The van der Waals surface area contributed by atoms with E-state index >= 15 is 17.6 Å². The van der Waals surface area contributed by atoms with E-state index in [0.29, 0.717) is 12.8 Å². The van der Waals surface area contributed by atoms with Crippen LogP contribution in [-0.2, 0) is 23.2 Å². The van der Waals surface area contributed by atoms with Crippen LogP contribution in [0.1, 0.15) is 141 Å². The van der Waals surface area contributed by atoms with Crippen LogP contribution in [0.15, 0.2) is 81.5 Å². The summed E-state index contributed by atoms with van der Waals surface area (Å²) in [5.74, 6) is -5.71. The van der Waals surface area contributed by atoms with Gasteiger partial charge >= 0.3 is 0 Å². The van der Waals surface area contributed by atoms with Gasteiger partial charge in [0.2, 0.25) is 0 Å². The number of fused-ring (bicyclic) bond motifs is 2. The number of hydrogen-bond donors (Lipinski definition) is 0. The lowest BCUT2D eigenvalue weighted by Crippen LogP contribution is -2.13. The molecule has 318 valence electrons. The molecule has 60 heavy (non-hydrogen) atoms. The van der Waals surface area contributed by atoms with E-state index < -0.39 is 11.8 Å². The minimum absolute atomic E-state index is 0.0618. The zero-order valence-electron chi connectivity index (χ0n) is 34.6. The Hall–Kier alpha value is -3.58. The van der Waals surface area contributed by atoms with Gasteiger partial charge in [0.1, 0.15) is 22.4 Å². The fraction of sp³-hybridized carbons (Fsp3) is 0.458. The van der Waals surface area contributed by atoms with E-state index in [-0.39, 0.29) is 24.0 Å². The van der Waals surface area contributed by atoms with Crippen molar-refractivity contribution >= 4 is 68.2 Å². The molecule has 0 bridgehead atoms. The van der Waals surface area contributed by atoms with Crippen molar-refractivity contribution in [3.05, 3.63) is 83.9 Å². The lowest BCUT2D eigenvalue weighted by Gasteiger charge is -2.17. The van der Waals surface area contributed by atoms with Crippen molar-refractivity contribution in [2.75, 3.05) is 0 Å². The molecular formula is C48H54F4N4S4. The fourth-order valence-electron chi connectivity index (χ4n) is 7.99. The Bertz CT molecular complexity index is 2210. The summed E-state index contributed by atoms with van der Waals surface area (Å²) in [6, 6.07) is 21.5. The summed E-state index contributed by atoms with van der Waals surface area (Å²) < 4.78 is 79.7. The highest BCUT2D eigenvalue weighted by atomic mass is 32.1. The number of nitrogens with zero attached hydrogens (tertiary/aromatic N) is 4. The molecular weight excluding hydrogens is 837 g/mol. The summed E-state index contributed by atoms with van der Waals surface area (Å²) >= 11 is 5.41. The van der Waals surface area contributed by atoms with Gasteiger partial charge in [0.25, 0.3) is 11.8 Å². The molecule has 1 aliphatic rings. The highest BCUT2D eigenvalue weighted by molar-refractivity contribution is 7.58. The highest BCUT2D eigenvalue weighted by Gasteiger charge is 2.32. The first kappa shape index (κ1) is 44.5. The van der Waals surface area contributed by atoms with E-state index in [1.54, 1.807) is 71.2 Å². The summed E-state index contributed by atoms with van der Waals surface area (Å²) in [5, 5.41) is 0. The number of hydrogen-bond acceptors (Lipinski definition) is 7. The number of benzene rings is 3. The Labute approximate surface area is 368 Å². The van der Waals surface area contributed by atoms with E-state index in [2.05, 4.69) is 13.8 Å². The number of unbranched alkanes of at least 4 members (excludes halogenated alkanes) is 14. The lowest BCUT2D eigenvalue weighted by atomic mass is 9.99. The molecule has 7 rings (SSSR count). The van der Waals surface area contributed by atoms with Gasteiger partial charge in [-0.2, -0.15) is 17.5 Å². The van der Waals surface area contributed by atoms with Gasteiger partial charge in [-0.05, 0) is 48.2 Å². The monoisotopic (exact) mass is 890 g/mol. The molecule has 0 atom stereocenters. The molecule has 4 heterocycles. The van der Waals surface area contributed by atoms with Gasteiger partial charge < -0.3 is 0 Å². The second kappa shape index (κ2) is 21.0. The highest BCUT2D eigenvalue weighted by Crippen LogP contribution is 2.55. The summed E-state index contributed by atoms with van der Waals surface area (Å²) in [6.07, 6.45) is 16.6. The number of halogens is 4. The minimum Gasteiger partial charge on any atom is -0.201 e. The second-order valence-corrected chi connectivity index (χ2v) is 19.2. The van der Waals surface area contributed by atoms with Gasteiger partial charge in [0, 0.05) is 54.6 Å². The molecule has 1 aliphatic heterocycles. The zero-order valence-corrected chi connectivity index (χ0v) is 37.9. The van der Waals surface area contributed by atoms with Crippen LogP contribution in [0.2, 0.25) is 0 Å². The third-order valence-electron chi connectivity index (χ3n) is 11.5. The minimum atomic E-state index is -2.85. The maximum Gasteiger partial charge on any atom is 0.273 e. The van der Waals surface area contributed by atoms with Crippen molar-refractivity contribution in [3.8, 4) is 41.8 Å². The van der Waals surface area contributed by atoms with Gasteiger partial charge in [0.05, 0.1) is 23.1 Å². The van der Waals surface area contributed by atoms with Gasteiger partial charge in [-0.25, -0.2) is 17.6 Å². The van der Waals surface area contributed by atoms with Crippen LogP contribution in [0.25, 0.3) is 52.8 Å². The van der Waals surface area contributed by atoms with Crippen molar-refractivity contribution in [1.29, 1.82) is 0 Å². The second-order valence-electron chi connectivity index (χ2n) is 16.0. The Morgan fingerprint density at radius 3 is 1.17 bits per heavy atom. The summed E-state index contributed by atoms with van der Waals surface area (Å²) in [5.41, 5.74) is 6.53. The molecule has 12 heteroatoms. The molecule has 0 spiro atoms. The van der Waals surface area contributed by atoms with E-state index in [1.165, 1.54) is 51.4 Å².